The van der Waals surface area contributed by atoms with Crippen LogP contribution < -0.4 is 15.3 Å². The van der Waals surface area contributed by atoms with Crippen molar-refractivity contribution in [3.63, 3.8) is 0 Å². The van der Waals surface area contributed by atoms with Crippen molar-refractivity contribution in [1.82, 2.24) is 19.7 Å². The molecular formula is C43H60N5O8P. The number of nitrogens with zero attached hydrogens (tertiary/aromatic N) is 3. The van der Waals surface area contributed by atoms with Crippen molar-refractivity contribution >= 4 is 35.8 Å². The van der Waals surface area contributed by atoms with Crippen LogP contribution in [0.4, 0.5) is 5.82 Å². The molecule has 310 valence electrons. The molecule has 1 unspecified atom stereocenters. The van der Waals surface area contributed by atoms with Crippen LogP contribution in [0, 0.1) is 0 Å². The first-order chi connectivity index (χ1) is 27.7. The van der Waals surface area contributed by atoms with Crippen molar-refractivity contribution in [3.8, 4) is 5.75 Å². The predicted molar refractivity (Wildman–Crippen MR) is 223 cm³/mol. The number of nitrogens with two attached hydrogens (primary N) is 1. The van der Waals surface area contributed by atoms with Gasteiger partial charge in [-0.05, 0) is 69.0 Å². The lowest BCUT2D eigenvalue weighted by atomic mass is 10.1. The van der Waals surface area contributed by atoms with Gasteiger partial charge in [-0.25, -0.2) is 14.1 Å². The van der Waals surface area contributed by atoms with Crippen LogP contribution >= 0.6 is 7.75 Å². The Kier molecular flexibility index (Phi) is 17.6. The van der Waals surface area contributed by atoms with E-state index < -0.39 is 50.8 Å². The molecule has 5 rings (SSSR count). The van der Waals surface area contributed by atoms with Crippen LogP contribution in [0.15, 0.2) is 85.2 Å². The van der Waals surface area contributed by atoms with E-state index in [1.54, 1.807) is 24.3 Å². The minimum Gasteiger partial charge on any atom is -0.465 e. The summed E-state index contributed by atoms with van der Waals surface area (Å²) in [6.45, 7) is 3.55. The summed E-state index contributed by atoms with van der Waals surface area (Å²) in [6.07, 6.45) is 20.2. The lowest BCUT2D eigenvalue weighted by Gasteiger charge is -2.25. The van der Waals surface area contributed by atoms with Gasteiger partial charge < -0.3 is 29.9 Å². The fourth-order valence-electron chi connectivity index (χ4n) is 6.84. The maximum Gasteiger partial charge on any atom is 0.459 e. The molecule has 57 heavy (non-hydrogen) atoms. The molecule has 0 amide bonds. The fourth-order valence-corrected chi connectivity index (χ4v) is 8.36. The molecule has 5 N–H and O–H groups in total. The average Bonchev–Trinajstić information content (AvgIpc) is 3.77. The van der Waals surface area contributed by atoms with E-state index in [0.717, 1.165) is 43.9 Å². The Morgan fingerprint density at radius 1 is 0.930 bits per heavy atom. The third-order valence-corrected chi connectivity index (χ3v) is 11.7. The first-order valence-electron chi connectivity index (χ1n) is 20.5. The standard InChI is InChI=1S/C43H60N5O8P/c1-3-4-5-6-7-8-9-10-11-12-13-14-15-16-17-18-21-29-53-43(51)32(2)47-57(52,56-37-26-22-24-33-23-19-20-25-34(33)37)54-30-38-39(49)40(50)41(55-38)35-27-28-36-42(44)45-31-46-48(35)36/h8-9,11-12,19-20,22-28,31-32,38-41,49-50H,3-7,10,13-18,21,29-30H2,1-2H3,(H,47,52)(H2,44,45,46)/b9-8-,12-11-/t32-,38+,39+,40+,41-,57?/m0/s1. The van der Waals surface area contributed by atoms with E-state index in [-0.39, 0.29) is 18.2 Å². The van der Waals surface area contributed by atoms with E-state index in [2.05, 4.69) is 46.4 Å². The summed E-state index contributed by atoms with van der Waals surface area (Å²) >= 11 is 0. The number of esters is 1. The number of nitrogen functional groups attached to an aromatic ring is 1. The average molecular weight is 806 g/mol. The molecule has 1 fully saturated rings. The summed E-state index contributed by atoms with van der Waals surface area (Å²) in [6, 6.07) is 15.0. The lowest BCUT2D eigenvalue weighted by Crippen LogP contribution is -2.37. The van der Waals surface area contributed by atoms with E-state index in [4.69, 9.17) is 24.3 Å². The molecule has 1 aliphatic rings. The highest BCUT2D eigenvalue weighted by atomic mass is 31.2. The van der Waals surface area contributed by atoms with Gasteiger partial charge in [0.15, 0.2) is 5.82 Å². The van der Waals surface area contributed by atoms with Crippen LogP contribution in [0.1, 0.15) is 109 Å². The quantitative estimate of drug-likeness (QED) is 0.0217. The van der Waals surface area contributed by atoms with Gasteiger partial charge in [0.1, 0.15) is 48.1 Å². The zero-order valence-corrected chi connectivity index (χ0v) is 34.2. The molecule has 13 nitrogen and oxygen atoms in total. The SMILES string of the molecule is CCCCCC/C=C\C/C=C\CCCCCCCCOC(=O)[C@H](C)NP(=O)(OC[C@H]1O[C@@H](c2ccc3c(N)ncnn23)[C@H](O)[C@@H]1O)Oc1cccc2ccccc12. The van der Waals surface area contributed by atoms with Gasteiger partial charge in [0.2, 0.25) is 0 Å². The molecule has 3 heterocycles. The second kappa shape index (κ2) is 22.7. The molecule has 0 radical (unpaired) electrons. The summed E-state index contributed by atoms with van der Waals surface area (Å²) in [4.78, 5) is 17.1. The number of carbonyl (C=O) groups excluding carboxylic acids is 1. The number of aromatic nitrogens is 3. The smallest absolute Gasteiger partial charge is 0.459 e. The maximum absolute atomic E-state index is 14.4. The number of allylic oxidation sites excluding steroid dienone is 4. The Hall–Kier alpha value is -4.10. The number of carbonyl (C=O) groups is 1. The van der Waals surface area contributed by atoms with Crippen LogP contribution in [0.5, 0.6) is 5.75 Å². The second-order valence-corrected chi connectivity index (χ2v) is 16.3. The number of aliphatic hydroxyl groups is 2. The molecule has 4 aromatic rings. The van der Waals surface area contributed by atoms with Gasteiger partial charge in [-0.1, -0.05) is 113 Å². The summed E-state index contributed by atoms with van der Waals surface area (Å²) < 4.78 is 39.4. The molecule has 0 saturated carbocycles. The normalized spacial score (nSPS) is 20.1. The Balaban J connectivity index is 1.08. The monoisotopic (exact) mass is 805 g/mol. The number of hydrogen-bond acceptors (Lipinski definition) is 11. The Labute approximate surface area is 336 Å². The minimum absolute atomic E-state index is 0.238. The summed E-state index contributed by atoms with van der Waals surface area (Å²) in [5.41, 5.74) is 6.92. The topological polar surface area (TPSA) is 180 Å². The lowest BCUT2D eigenvalue weighted by molar-refractivity contribution is -0.145. The predicted octanol–water partition coefficient (Wildman–Crippen LogP) is 8.56. The Morgan fingerprint density at radius 2 is 1.63 bits per heavy atom. The van der Waals surface area contributed by atoms with Crippen molar-refractivity contribution in [1.29, 1.82) is 0 Å². The van der Waals surface area contributed by atoms with Gasteiger partial charge in [-0.2, -0.15) is 10.2 Å². The zero-order valence-electron chi connectivity index (χ0n) is 33.3. The van der Waals surface area contributed by atoms with E-state index in [1.165, 1.54) is 62.7 Å². The van der Waals surface area contributed by atoms with Crippen LogP contribution in [0.3, 0.4) is 0 Å². The van der Waals surface area contributed by atoms with Crippen LogP contribution in [0.25, 0.3) is 16.3 Å². The number of ether oxygens (including phenoxy) is 2. The zero-order chi connectivity index (χ0) is 40.5. The molecule has 14 heteroatoms. The number of fused-ring (bicyclic) bond motifs is 2. The molecule has 0 bridgehead atoms. The highest BCUT2D eigenvalue weighted by Gasteiger charge is 2.46. The van der Waals surface area contributed by atoms with Crippen LogP contribution in [-0.4, -0.2) is 68.3 Å². The third-order valence-electron chi connectivity index (χ3n) is 10.1. The van der Waals surface area contributed by atoms with Crippen molar-refractivity contribution < 1.29 is 38.1 Å². The number of rotatable bonds is 25. The number of unbranched alkanes of at least 4 members (excludes halogenated alkanes) is 10. The molecule has 6 atom stereocenters. The van der Waals surface area contributed by atoms with Gasteiger partial charge in [-0.3, -0.25) is 9.32 Å². The van der Waals surface area contributed by atoms with Gasteiger partial charge in [0.05, 0.1) is 18.9 Å². The highest BCUT2D eigenvalue weighted by Crippen LogP contribution is 2.48. The molecular weight excluding hydrogens is 745 g/mol. The number of anilines is 1. The van der Waals surface area contributed by atoms with E-state index in [1.807, 2.05) is 30.3 Å². The summed E-state index contributed by atoms with van der Waals surface area (Å²) in [5.74, 6) is -0.0949. The molecule has 1 aliphatic heterocycles. The van der Waals surface area contributed by atoms with E-state index in [9.17, 15) is 19.6 Å². The van der Waals surface area contributed by atoms with Crippen molar-refractivity contribution in [2.45, 2.75) is 128 Å². The van der Waals surface area contributed by atoms with Gasteiger partial charge >= 0.3 is 13.7 Å². The maximum atomic E-state index is 14.4. The van der Waals surface area contributed by atoms with Gasteiger partial charge in [-0.15, -0.1) is 0 Å². The van der Waals surface area contributed by atoms with E-state index in [0.29, 0.717) is 16.6 Å². The van der Waals surface area contributed by atoms with Crippen molar-refractivity contribution in [3.05, 3.63) is 90.9 Å². The fraction of sp³-hybridized carbons (Fsp3) is 0.512. The minimum atomic E-state index is -4.33. The third kappa shape index (κ3) is 12.9. The van der Waals surface area contributed by atoms with Gasteiger partial charge in [0.25, 0.3) is 0 Å². The van der Waals surface area contributed by atoms with E-state index >= 15 is 0 Å². The number of hydrogen-bond donors (Lipinski definition) is 4. The number of aliphatic hydroxyl groups excluding tert-OH is 2. The first-order valence-corrected chi connectivity index (χ1v) is 22.0. The summed E-state index contributed by atoms with van der Waals surface area (Å²) in [5, 5.41) is 30.4. The largest absolute Gasteiger partial charge is 0.465 e. The van der Waals surface area contributed by atoms with Crippen LogP contribution in [0.2, 0.25) is 0 Å². The summed E-state index contributed by atoms with van der Waals surface area (Å²) in [7, 11) is -4.33. The highest BCUT2D eigenvalue weighted by molar-refractivity contribution is 7.52. The van der Waals surface area contributed by atoms with Gasteiger partial charge in [0, 0.05) is 5.39 Å². The Morgan fingerprint density at radius 3 is 2.40 bits per heavy atom. The van der Waals surface area contributed by atoms with Crippen molar-refractivity contribution in [2.24, 2.45) is 0 Å². The molecule has 1 saturated heterocycles. The van der Waals surface area contributed by atoms with Crippen LogP contribution in [-0.2, 0) is 23.4 Å². The molecule has 0 aliphatic carbocycles. The first kappa shape index (κ1) is 44.0. The second-order valence-electron chi connectivity index (χ2n) is 14.6. The molecule has 0 spiro atoms. The number of benzene rings is 2. The van der Waals surface area contributed by atoms with Crippen molar-refractivity contribution in [2.75, 3.05) is 18.9 Å². The Bertz CT molecular complexity index is 1950. The molecule has 2 aromatic heterocycles. The number of nitrogens with one attached hydrogen (secondary N) is 1. The molecule has 2 aromatic carbocycles.